The average molecular weight is 298 g/mol. The van der Waals surface area contributed by atoms with E-state index in [1.807, 2.05) is 38.1 Å². The Morgan fingerprint density at radius 3 is 2.76 bits per heavy atom. The van der Waals surface area contributed by atoms with Gasteiger partial charge in [-0.1, -0.05) is 22.0 Å². The van der Waals surface area contributed by atoms with Gasteiger partial charge in [-0.2, -0.15) is 0 Å². The Hall–Kier alpha value is -1.03. The summed E-state index contributed by atoms with van der Waals surface area (Å²) in [5.74, 6) is -1.01. The van der Waals surface area contributed by atoms with Crippen LogP contribution in [0.5, 0.6) is 0 Å². The second-order valence-electron chi connectivity index (χ2n) is 4.96. The molecule has 92 valence electrons. The van der Waals surface area contributed by atoms with Gasteiger partial charge in [0.15, 0.2) is 0 Å². The van der Waals surface area contributed by atoms with Crippen LogP contribution in [0.3, 0.4) is 0 Å². The third-order valence-corrected chi connectivity index (χ3v) is 4.10. The molecular formula is C13H16BrNO2. The summed E-state index contributed by atoms with van der Waals surface area (Å²) in [6.07, 6.45) is 0.703. The van der Waals surface area contributed by atoms with Crippen LogP contribution in [0.15, 0.2) is 28.7 Å². The van der Waals surface area contributed by atoms with Gasteiger partial charge in [0.25, 0.3) is 0 Å². The molecule has 0 bridgehead atoms. The number of halogens is 1. The molecule has 1 fully saturated rings. The summed E-state index contributed by atoms with van der Waals surface area (Å²) in [6.45, 7) is 4.79. The molecule has 1 aromatic carbocycles. The monoisotopic (exact) mass is 297 g/mol. The largest absolute Gasteiger partial charge is 0.481 e. The summed E-state index contributed by atoms with van der Waals surface area (Å²) >= 11 is 3.45. The van der Waals surface area contributed by atoms with Crippen molar-refractivity contribution in [1.29, 1.82) is 0 Å². The molecule has 0 amide bonds. The first kappa shape index (κ1) is 12.4. The van der Waals surface area contributed by atoms with Gasteiger partial charge in [-0.05, 0) is 38.5 Å². The smallest absolute Gasteiger partial charge is 0.308 e. The Bertz CT molecular complexity index is 445. The third kappa shape index (κ3) is 2.18. The average Bonchev–Trinajstić information content (AvgIpc) is 2.53. The summed E-state index contributed by atoms with van der Waals surface area (Å²) < 4.78 is 1.02. The van der Waals surface area contributed by atoms with Crippen molar-refractivity contribution in [3.63, 3.8) is 0 Å². The highest BCUT2D eigenvalue weighted by Crippen LogP contribution is 2.38. The molecule has 1 atom stereocenters. The molecule has 3 nitrogen and oxygen atoms in total. The second-order valence-corrected chi connectivity index (χ2v) is 5.88. The number of carboxylic acid groups (broad SMARTS) is 1. The lowest BCUT2D eigenvalue weighted by Gasteiger charge is -2.36. The standard InChI is InChI=1S/C13H16BrNO2/c1-13(2)11(12(16)17)6-7-15(13)10-5-3-4-9(14)8-10/h3-5,8,11H,6-7H2,1-2H3,(H,16,17). The van der Waals surface area contributed by atoms with E-state index in [4.69, 9.17) is 0 Å². The molecular weight excluding hydrogens is 282 g/mol. The molecule has 4 heteroatoms. The van der Waals surface area contributed by atoms with Gasteiger partial charge in [-0.25, -0.2) is 0 Å². The number of rotatable bonds is 2. The van der Waals surface area contributed by atoms with Gasteiger partial charge >= 0.3 is 5.97 Å². The van der Waals surface area contributed by atoms with Crippen LogP contribution in [0.2, 0.25) is 0 Å². The molecule has 1 saturated heterocycles. The molecule has 0 spiro atoms. The number of carbonyl (C=O) groups is 1. The number of anilines is 1. The number of aliphatic carboxylic acids is 1. The van der Waals surface area contributed by atoms with Crippen molar-refractivity contribution in [3.8, 4) is 0 Å². The van der Waals surface area contributed by atoms with E-state index < -0.39 is 5.97 Å². The number of hydrogen-bond donors (Lipinski definition) is 1. The maximum absolute atomic E-state index is 11.2. The SMILES string of the molecule is CC1(C)C(C(=O)O)CCN1c1cccc(Br)c1. The summed E-state index contributed by atoms with van der Waals surface area (Å²) in [4.78, 5) is 13.4. The molecule has 1 unspecified atom stereocenters. The molecule has 17 heavy (non-hydrogen) atoms. The van der Waals surface area contributed by atoms with E-state index in [2.05, 4.69) is 20.8 Å². The zero-order chi connectivity index (χ0) is 12.6. The summed E-state index contributed by atoms with van der Waals surface area (Å²) in [6, 6.07) is 8.01. The van der Waals surface area contributed by atoms with Crippen LogP contribution < -0.4 is 4.90 Å². The third-order valence-electron chi connectivity index (χ3n) is 3.61. The normalized spacial score (nSPS) is 22.8. The Balaban J connectivity index is 2.33. The molecule has 1 aliphatic rings. The summed E-state index contributed by atoms with van der Waals surface area (Å²) in [7, 11) is 0. The maximum atomic E-state index is 11.2. The first-order valence-electron chi connectivity index (χ1n) is 5.69. The Morgan fingerprint density at radius 2 is 2.24 bits per heavy atom. The summed E-state index contributed by atoms with van der Waals surface area (Å²) in [5, 5.41) is 9.23. The Morgan fingerprint density at radius 1 is 1.53 bits per heavy atom. The van der Waals surface area contributed by atoms with Crippen molar-refractivity contribution >= 4 is 27.6 Å². The lowest BCUT2D eigenvalue weighted by molar-refractivity contribution is -0.142. The highest BCUT2D eigenvalue weighted by Gasteiger charge is 2.45. The van der Waals surface area contributed by atoms with Crippen molar-refractivity contribution in [2.45, 2.75) is 25.8 Å². The molecule has 1 aliphatic heterocycles. The van der Waals surface area contributed by atoms with E-state index in [0.717, 1.165) is 16.7 Å². The van der Waals surface area contributed by atoms with Crippen molar-refractivity contribution in [2.75, 3.05) is 11.4 Å². The number of carboxylic acids is 1. The number of nitrogens with zero attached hydrogens (tertiary/aromatic N) is 1. The molecule has 2 rings (SSSR count). The molecule has 0 radical (unpaired) electrons. The lowest BCUT2D eigenvalue weighted by Crippen LogP contribution is -2.45. The van der Waals surface area contributed by atoms with E-state index >= 15 is 0 Å². The molecule has 0 saturated carbocycles. The van der Waals surface area contributed by atoms with Crippen LogP contribution >= 0.6 is 15.9 Å². The van der Waals surface area contributed by atoms with Gasteiger partial charge in [0, 0.05) is 22.2 Å². The second kappa shape index (κ2) is 4.33. The van der Waals surface area contributed by atoms with E-state index in [1.54, 1.807) is 0 Å². The first-order chi connectivity index (χ1) is 7.93. The van der Waals surface area contributed by atoms with Crippen LogP contribution in [-0.2, 0) is 4.79 Å². The minimum absolute atomic E-state index is 0.304. The first-order valence-corrected chi connectivity index (χ1v) is 6.48. The van der Waals surface area contributed by atoms with Crippen LogP contribution in [-0.4, -0.2) is 23.2 Å². The maximum Gasteiger partial charge on any atom is 0.308 e. The highest BCUT2D eigenvalue weighted by molar-refractivity contribution is 9.10. The topological polar surface area (TPSA) is 40.5 Å². The predicted molar refractivity (Wildman–Crippen MR) is 71.3 cm³/mol. The minimum atomic E-state index is -0.701. The van der Waals surface area contributed by atoms with Crippen LogP contribution in [0, 0.1) is 5.92 Å². The fourth-order valence-electron chi connectivity index (χ4n) is 2.62. The predicted octanol–water partition coefficient (Wildman–Crippen LogP) is 3.14. The fraction of sp³-hybridized carbons (Fsp3) is 0.462. The molecule has 1 aromatic rings. The van der Waals surface area contributed by atoms with Crippen molar-refractivity contribution in [2.24, 2.45) is 5.92 Å². The van der Waals surface area contributed by atoms with Gasteiger partial charge in [0.1, 0.15) is 0 Å². The molecule has 1 heterocycles. The number of hydrogen-bond acceptors (Lipinski definition) is 2. The Kier molecular flexibility index (Phi) is 3.17. The lowest BCUT2D eigenvalue weighted by atomic mass is 9.88. The van der Waals surface area contributed by atoms with Crippen molar-refractivity contribution < 1.29 is 9.90 Å². The number of benzene rings is 1. The van der Waals surface area contributed by atoms with Gasteiger partial charge in [0.05, 0.1) is 5.92 Å². The molecule has 1 N–H and O–H groups in total. The van der Waals surface area contributed by atoms with Gasteiger partial charge in [-0.15, -0.1) is 0 Å². The fourth-order valence-corrected chi connectivity index (χ4v) is 3.01. The van der Waals surface area contributed by atoms with Crippen LogP contribution in [0.4, 0.5) is 5.69 Å². The summed E-state index contributed by atoms with van der Waals surface area (Å²) in [5.41, 5.74) is 0.736. The van der Waals surface area contributed by atoms with Gasteiger partial charge < -0.3 is 10.0 Å². The quantitative estimate of drug-likeness (QED) is 0.912. The van der Waals surface area contributed by atoms with E-state index in [9.17, 15) is 9.90 Å². The minimum Gasteiger partial charge on any atom is -0.481 e. The van der Waals surface area contributed by atoms with E-state index in [1.165, 1.54) is 0 Å². The molecule has 0 aliphatic carbocycles. The van der Waals surface area contributed by atoms with Crippen molar-refractivity contribution in [3.05, 3.63) is 28.7 Å². The van der Waals surface area contributed by atoms with E-state index in [0.29, 0.717) is 6.42 Å². The van der Waals surface area contributed by atoms with Crippen LogP contribution in [0.1, 0.15) is 20.3 Å². The zero-order valence-corrected chi connectivity index (χ0v) is 11.6. The van der Waals surface area contributed by atoms with Gasteiger partial charge in [-0.3, -0.25) is 4.79 Å². The van der Waals surface area contributed by atoms with E-state index in [-0.39, 0.29) is 11.5 Å². The van der Waals surface area contributed by atoms with Crippen molar-refractivity contribution in [1.82, 2.24) is 0 Å². The van der Waals surface area contributed by atoms with Gasteiger partial charge in [0.2, 0.25) is 0 Å². The highest BCUT2D eigenvalue weighted by atomic mass is 79.9. The molecule has 0 aromatic heterocycles. The zero-order valence-electron chi connectivity index (χ0n) is 9.98. The van der Waals surface area contributed by atoms with Crippen LogP contribution in [0.25, 0.3) is 0 Å². The Labute approximate surface area is 110 Å².